The zero-order valence-electron chi connectivity index (χ0n) is 17.5. The number of ether oxygens (including phenoxy) is 1. The highest BCUT2D eigenvalue weighted by molar-refractivity contribution is 5.76. The molecule has 7 heteroatoms. The van der Waals surface area contributed by atoms with Crippen molar-refractivity contribution in [3.05, 3.63) is 41.5 Å². The molecule has 1 atom stereocenters. The molecule has 0 N–H and O–H groups in total. The summed E-state index contributed by atoms with van der Waals surface area (Å²) in [6, 6.07) is 8.30. The maximum absolute atomic E-state index is 12.8. The lowest BCUT2D eigenvalue weighted by Crippen LogP contribution is -2.35. The van der Waals surface area contributed by atoms with Gasteiger partial charge >= 0.3 is 0 Å². The largest absolute Gasteiger partial charge is 0.497 e. The smallest absolute Gasteiger partial charge is 0.222 e. The Balaban J connectivity index is 1.36. The predicted molar refractivity (Wildman–Crippen MR) is 111 cm³/mol. The number of amides is 1. The van der Waals surface area contributed by atoms with Crippen molar-refractivity contribution >= 4 is 5.91 Å². The molecule has 0 radical (unpaired) electrons. The Hall–Kier alpha value is -2.41. The van der Waals surface area contributed by atoms with Crippen molar-refractivity contribution in [3.8, 4) is 5.75 Å². The zero-order valence-corrected chi connectivity index (χ0v) is 17.5. The second-order valence-corrected chi connectivity index (χ2v) is 8.10. The minimum atomic E-state index is 0.218. The molecule has 1 saturated heterocycles. The van der Waals surface area contributed by atoms with Gasteiger partial charge < -0.3 is 14.2 Å². The summed E-state index contributed by atoms with van der Waals surface area (Å²) in [5, 5.41) is 9.00. The lowest BCUT2D eigenvalue weighted by Gasteiger charge is -2.32. The Bertz CT molecular complexity index is 832. The van der Waals surface area contributed by atoms with Crippen LogP contribution in [-0.4, -0.2) is 64.3 Å². The second kappa shape index (κ2) is 8.95. The van der Waals surface area contributed by atoms with Crippen molar-refractivity contribution in [3.63, 3.8) is 0 Å². The summed E-state index contributed by atoms with van der Waals surface area (Å²) in [4.78, 5) is 17.2. The molecule has 0 aliphatic carbocycles. The second-order valence-electron chi connectivity index (χ2n) is 8.10. The Morgan fingerprint density at radius 2 is 1.93 bits per heavy atom. The monoisotopic (exact) mass is 397 g/mol. The first kappa shape index (κ1) is 19.9. The molecule has 2 aliphatic heterocycles. The molecule has 7 nitrogen and oxygen atoms in total. The van der Waals surface area contributed by atoms with Gasteiger partial charge in [-0.25, -0.2) is 0 Å². The number of piperidine rings is 1. The molecule has 1 amide bonds. The Labute approximate surface area is 172 Å². The van der Waals surface area contributed by atoms with Gasteiger partial charge in [-0.2, -0.15) is 0 Å². The first-order chi connectivity index (χ1) is 14.2. The van der Waals surface area contributed by atoms with E-state index in [-0.39, 0.29) is 5.91 Å². The van der Waals surface area contributed by atoms with E-state index in [1.807, 2.05) is 29.2 Å². The van der Waals surface area contributed by atoms with Crippen LogP contribution in [0.3, 0.4) is 0 Å². The summed E-state index contributed by atoms with van der Waals surface area (Å²) >= 11 is 0. The lowest BCUT2D eigenvalue weighted by atomic mass is 10.0. The maximum Gasteiger partial charge on any atom is 0.222 e. The number of likely N-dealkylation sites (tertiary alicyclic amines) is 1. The SMILES string of the molecule is COc1ccc(CCC(=O)N2CCc3nnc([C@@H]4CCCCN4C)n3CC2)cc1. The average Bonchev–Trinajstić information content (AvgIpc) is 3.03. The molecule has 1 fully saturated rings. The van der Waals surface area contributed by atoms with Crippen molar-refractivity contribution in [2.75, 3.05) is 33.8 Å². The van der Waals surface area contributed by atoms with E-state index >= 15 is 0 Å². The minimum Gasteiger partial charge on any atom is -0.497 e. The van der Waals surface area contributed by atoms with Crippen molar-refractivity contribution in [2.45, 2.75) is 51.1 Å². The van der Waals surface area contributed by atoms with Crippen LogP contribution >= 0.6 is 0 Å². The van der Waals surface area contributed by atoms with Crippen LogP contribution < -0.4 is 4.74 Å². The maximum atomic E-state index is 12.8. The molecule has 3 heterocycles. The highest BCUT2D eigenvalue weighted by Gasteiger charge is 2.29. The van der Waals surface area contributed by atoms with E-state index in [9.17, 15) is 4.79 Å². The third-order valence-corrected chi connectivity index (χ3v) is 6.26. The molecule has 29 heavy (non-hydrogen) atoms. The van der Waals surface area contributed by atoms with E-state index in [2.05, 4.69) is 26.7 Å². The van der Waals surface area contributed by atoms with Gasteiger partial charge in [0.1, 0.15) is 17.4 Å². The van der Waals surface area contributed by atoms with Gasteiger partial charge in [0.2, 0.25) is 5.91 Å². The highest BCUT2D eigenvalue weighted by atomic mass is 16.5. The van der Waals surface area contributed by atoms with Gasteiger partial charge in [-0.3, -0.25) is 9.69 Å². The van der Waals surface area contributed by atoms with E-state index in [4.69, 9.17) is 4.74 Å². The summed E-state index contributed by atoms with van der Waals surface area (Å²) in [5.74, 6) is 3.16. The number of hydrogen-bond acceptors (Lipinski definition) is 5. The molecule has 0 spiro atoms. The van der Waals surface area contributed by atoms with Gasteiger partial charge in [0.15, 0.2) is 0 Å². The topological polar surface area (TPSA) is 63.5 Å². The highest BCUT2D eigenvalue weighted by Crippen LogP contribution is 2.29. The number of rotatable bonds is 5. The fourth-order valence-electron chi connectivity index (χ4n) is 4.44. The molecule has 2 aromatic rings. The number of aromatic nitrogens is 3. The number of carbonyl (C=O) groups excluding carboxylic acids is 1. The summed E-state index contributed by atoms with van der Waals surface area (Å²) in [6.07, 6.45) is 5.70. The first-order valence-electron chi connectivity index (χ1n) is 10.7. The fraction of sp³-hybridized carbons (Fsp3) is 0.591. The predicted octanol–water partition coefficient (Wildman–Crippen LogP) is 2.46. The number of aryl methyl sites for hydroxylation is 1. The molecule has 0 unspecified atom stereocenters. The molecule has 1 aromatic carbocycles. The molecular weight excluding hydrogens is 366 g/mol. The van der Waals surface area contributed by atoms with E-state index in [1.165, 1.54) is 12.8 Å². The van der Waals surface area contributed by atoms with Gasteiger partial charge in [0.05, 0.1) is 13.2 Å². The van der Waals surface area contributed by atoms with E-state index in [1.54, 1.807) is 7.11 Å². The van der Waals surface area contributed by atoms with Gasteiger partial charge in [0.25, 0.3) is 0 Å². The van der Waals surface area contributed by atoms with E-state index in [0.717, 1.165) is 68.4 Å². The van der Waals surface area contributed by atoms with Crippen molar-refractivity contribution in [2.24, 2.45) is 0 Å². The zero-order chi connectivity index (χ0) is 20.2. The molecular formula is C22H31N5O2. The number of benzene rings is 1. The summed E-state index contributed by atoms with van der Waals surface area (Å²) in [7, 11) is 3.84. The Kier molecular flexibility index (Phi) is 6.13. The van der Waals surface area contributed by atoms with Crippen LogP contribution in [0.4, 0.5) is 0 Å². The van der Waals surface area contributed by atoms with Crippen LogP contribution in [0.2, 0.25) is 0 Å². The van der Waals surface area contributed by atoms with Crippen molar-refractivity contribution < 1.29 is 9.53 Å². The molecule has 1 aromatic heterocycles. The number of fused-ring (bicyclic) bond motifs is 1. The van der Waals surface area contributed by atoms with Crippen LogP contribution in [0.25, 0.3) is 0 Å². The van der Waals surface area contributed by atoms with Crippen molar-refractivity contribution in [1.29, 1.82) is 0 Å². The van der Waals surface area contributed by atoms with Crippen LogP contribution in [0.1, 0.15) is 48.9 Å². The van der Waals surface area contributed by atoms with Crippen LogP contribution in [0.5, 0.6) is 5.75 Å². The first-order valence-corrected chi connectivity index (χ1v) is 10.7. The van der Waals surface area contributed by atoms with Crippen molar-refractivity contribution in [1.82, 2.24) is 24.6 Å². The quantitative estimate of drug-likeness (QED) is 0.776. The number of nitrogens with zero attached hydrogens (tertiary/aromatic N) is 5. The summed E-state index contributed by atoms with van der Waals surface area (Å²) < 4.78 is 7.46. The average molecular weight is 398 g/mol. The molecule has 156 valence electrons. The molecule has 0 bridgehead atoms. The minimum absolute atomic E-state index is 0.218. The standard InChI is InChI=1S/C22H31N5O2/c1-25-13-4-3-5-19(25)22-24-23-20-12-14-26(15-16-27(20)22)21(28)11-8-17-6-9-18(29-2)10-7-17/h6-7,9-10,19H,3-5,8,11-16H2,1-2H3/t19-/m0/s1. The number of carbonyl (C=O) groups is 1. The van der Waals surface area contributed by atoms with E-state index in [0.29, 0.717) is 12.5 Å². The van der Waals surface area contributed by atoms with E-state index < -0.39 is 0 Å². The summed E-state index contributed by atoms with van der Waals surface area (Å²) in [6.45, 7) is 3.36. The number of hydrogen-bond donors (Lipinski definition) is 0. The third kappa shape index (κ3) is 4.45. The van der Waals surface area contributed by atoms with Gasteiger partial charge in [-0.15, -0.1) is 10.2 Å². The Morgan fingerprint density at radius 1 is 1.10 bits per heavy atom. The Morgan fingerprint density at radius 3 is 2.69 bits per heavy atom. The van der Waals surface area contributed by atoms with Gasteiger partial charge in [-0.05, 0) is 50.6 Å². The molecule has 2 aliphatic rings. The van der Waals surface area contributed by atoms with Crippen LogP contribution in [0, 0.1) is 0 Å². The third-order valence-electron chi connectivity index (χ3n) is 6.26. The van der Waals surface area contributed by atoms with Gasteiger partial charge in [-0.1, -0.05) is 18.6 Å². The van der Waals surface area contributed by atoms with Gasteiger partial charge in [0, 0.05) is 32.5 Å². The molecule has 0 saturated carbocycles. The van der Waals surface area contributed by atoms with Crippen LogP contribution in [0.15, 0.2) is 24.3 Å². The summed E-state index contributed by atoms with van der Waals surface area (Å²) in [5.41, 5.74) is 1.16. The fourth-order valence-corrected chi connectivity index (χ4v) is 4.44. The van der Waals surface area contributed by atoms with Crippen LogP contribution in [-0.2, 0) is 24.2 Å². The molecule has 4 rings (SSSR count). The number of methoxy groups -OCH3 is 1. The lowest BCUT2D eigenvalue weighted by molar-refractivity contribution is -0.131. The normalized spacial score (nSPS) is 20.2.